The van der Waals surface area contributed by atoms with E-state index < -0.39 is 0 Å². The lowest BCUT2D eigenvalue weighted by Crippen LogP contribution is -2.81. The molecule has 0 aromatic heterocycles. The lowest BCUT2D eigenvalue weighted by atomic mass is 9.98. The molecule has 0 saturated carbocycles. The molecule has 1 fully saturated rings. The Bertz CT molecular complexity index is 298. The largest absolute Gasteiger partial charge is 0.340 e. The van der Waals surface area contributed by atoms with Gasteiger partial charge in [-0.05, 0) is 25.5 Å². The molecule has 1 heterocycles. The third-order valence-electron chi connectivity index (χ3n) is 3.00. The fraction of sp³-hybridized carbons (Fsp3) is 0.500. The Morgan fingerprint density at radius 2 is 2.15 bits per heavy atom. The van der Waals surface area contributed by atoms with Gasteiger partial charge in [0.05, 0.1) is 6.54 Å². The second-order valence-electron chi connectivity index (χ2n) is 4.13. The summed E-state index contributed by atoms with van der Waals surface area (Å²) in [4.78, 5) is 0. The molecule has 0 radical (unpaired) electrons. The summed E-state index contributed by atoms with van der Waals surface area (Å²) < 4.78 is 0. The minimum absolute atomic E-state index is 0.736. The smallest absolute Gasteiger partial charge is 0.112 e. The number of rotatable bonds is 1. The molecule has 0 aliphatic carbocycles. The van der Waals surface area contributed by atoms with E-state index in [1.54, 1.807) is 5.56 Å². The molecule has 0 spiro atoms. The van der Waals surface area contributed by atoms with Gasteiger partial charge in [-0.1, -0.05) is 17.7 Å². The van der Waals surface area contributed by atoms with E-state index in [-0.39, 0.29) is 0 Å². The highest BCUT2D eigenvalue weighted by Crippen LogP contribution is 2.21. The van der Waals surface area contributed by atoms with E-state index in [1.165, 1.54) is 30.5 Å². The number of nitrogens with two attached hydrogens (primary N) is 1. The number of hydrogen-bond donors (Lipinski definition) is 1. The highest BCUT2D eigenvalue weighted by Gasteiger charge is 2.21. The average Bonchev–Trinajstić information content (AvgIpc) is 2.61. The first-order chi connectivity index (χ1) is 6.27. The van der Waals surface area contributed by atoms with E-state index >= 15 is 0 Å². The predicted octanol–water partition coefficient (Wildman–Crippen LogP) is 1.70. The van der Waals surface area contributed by atoms with Crippen molar-refractivity contribution in [2.45, 2.75) is 32.7 Å². The molecule has 1 aromatic carbocycles. The molecule has 1 aliphatic rings. The molecule has 1 nitrogen and oxygen atoms in total. The topological polar surface area (TPSA) is 16.6 Å². The second kappa shape index (κ2) is 3.51. The summed E-state index contributed by atoms with van der Waals surface area (Å²) in [5, 5.41) is 2.47. The van der Waals surface area contributed by atoms with Gasteiger partial charge in [0.1, 0.15) is 6.04 Å². The number of aryl methyl sites for hydroxylation is 2. The van der Waals surface area contributed by atoms with Crippen molar-refractivity contribution < 1.29 is 5.32 Å². The van der Waals surface area contributed by atoms with Crippen LogP contribution in [0.1, 0.15) is 35.6 Å². The van der Waals surface area contributed by atoms with Crippen LogP contribution < -0.4 is 5.32 Å². The van der Waals surface area contributed by atoms with Crippen LogP contribution in [-0.4, -0.2) is 6.54 Å². The van der Waals surface area contributed by atoms with E-state index in [0.29, 0.717) is 0 Å². The molecule has 2 rings (SSSR count). The van der Waals surface area contributed by atoms with Gasteiger partial charge in [0, 0.05) is 18.4 Å². The summed E-state index contributed by atoms with van der Waals surface area (Å²) in [6.07, 6.45) is 2.72. The van der Waals surface area contributed by atoms with Gasteiger partial charge < -0.3 is 5.32 Å². The van der Waals surface area contributed by atoms with Crippen molar-refractivity contribution in [3.8, 4) is 0 Å². The van der Waals surface area contributed by atoms with E-state index in [2.05, 4.69) is 37.4 Å². The Balaban J connectivity index is 2.32. The average molecular weight is 176 g/mol. The van der Waals surface area contributed by atoms with Crippen molar-refractivity contribution >= 4 is 0 Å². The number of hydrogen-bond acceptors (Lipinski definition) is 0. The minimum atomic E-state index is 0.736. The van der Waals surface area contributed by atoms with Crippen LogP contribution in [0.2, 0.25) is 0 Å². The number of quaternary nitrogens is 1. The van der Waals surface area contributed by atoms with Crippen LogP contribution in [0.15, 0.2) is 18.2 Å². The Morgan fingerprint density at radius 1 is 1.31 bits per heavy atom. The van der Waals surface area contributed by atoms with Gasteiger partial charge in [0.25, 0.3) is 0 Å². The van der Waals surface area contributed by atoms with Crippen molar-refractivity contribution in [1.29, 1.82) is 0 Å². The molecule has 70 valence electrons. The Labute approximate surface area is 80.2 Å². The van der Waals surface area contributed by atoms with Crippen LogP contribution in [-0.2, 0) is 0 Å². The van der Waals surface area contributed by atoms with Crippen molar-refractivity contribution in [2.75, 3.05) is 6.54 Å². The van der Waals surface area contributed by atoms with E-state index in [4.69, 9.17) is 0 Å². The van der Waals surface area contributed by atoms with Crippen molar-refractivity contribution in [3.05, 3.63) is 34.9 Å². The first-order valence-electron chi connectivity index (χ1n) is 5.18. The molecule has 0 unspecified atom stereocenters. The highest BCUT2D eigenvalue weighted by atomic mass is 14.9. The summed E-state index contributed by atoms with van der Waals surface area (Å²) in [5.41, 5.74) is 4.40. The summed E-state index contributed by atoms with van der Waals surface area (Å²) in [6, 6.07) is 7.53. The fourth-order valence-corrected chi connectivity index (χ4v) is 2.22. The van der Waals surface area contributed by atoms with Gasteiger partial charge in [-0.25, -0.2) is 0 Å². The summed E-state index contributed by atoms with van der Waals surface area (Å²) in [5.74, 6) is 0. The first-order valence-corrected chi connectivity index (χ1v) is 5.18. The van der Waals surface area contributed by atoms with Crippen LogP contribution >= 0.6 is 0 Å². The van der Waals surface area contributed by atoms with E-state index in [1.807, 2.05) is 0 Å². The lowest BCUT2D eigenvalue weighted by Gasteiger charge is -2.11. The Kier molecular flexibility index (Phi) is 2.36. The molecule has 13 heavy (non-hydrogen) atoms. The molecule has 0 bridgehead atoms. The summed E-state index contributed by atoms with van der Waals surface area (Å²) in [7, 11) is 0. The molecule has 1 atom stereocenters. The van der Waals surface area contributed by atoms with Gasteiger partial charge in [-0.15, -0.1) is 0 Å². The maximum absolute atomic E-state index is 2.47. The minimum Gasteiger partial charge on any atom is -0.340 e. The highest BCUT2D eigenvalue weighted by molar-refractivity contribution is 5.32. The SMILES string of the molecule is Cc1ccc(C)c([C@H]2CCC[NH2+]2)c1. The van der Waals surface area contributed by atoms with Gasteiger partial charge in [-0.3, -0.25) is 0 Å². The summed E-state index contributed by atoms with van der Waals surface area (Å²) >= 11 is 0. The molecule has 1 heteroatoms. The third-order valence-corrected chi connectivity index (χ3v) is 3.00. The van der Waals surface area contributed by atoms with Crippen LogP contribution in [0.25, 0.3) is 0 Å². The monoisotopic (exact) mass is 176 g/mol. The molecule has 2 N–H and O–H groups in total. The zero-order valence-corrected chi connectivity index (χ0v) is 8.51. The molecular formula is C12H18N+. The van der Waals surface area contributed by atoms with E-state index in [9.17, 15) is 0 Å². The number of benzene rings is 1. The molecule has 1 aliphatic heterocycles. The predicted molar refractivity (Wildman–Crippen MR) is 54.7 cm³/mol. The van der Waals surface area contributed by atoms with Crippen LogP contribution in [0.3, 0.4) is 0 Å². The Morgan fingerprint density at radius 3 is 2.85 bits per heavy atom. The first kappa shape index (κ1) is 8.76. The normalized spacial score (nSPS) is 22.2. The van der Waals surface area contributed by atoms with Gasteiger partial charge in [0.15, 0.2) is 0 Å². The molecular weight excluding hydrogens is 158 g/mol. The van der Waals surface area contributed by atoms with Gasteiger partial charge in [-0.2, -0.15) is 0 Å². The quantitative estimate of drug-likeness (QED) is 0.670. The Hall–Kier alpha value is -0.820. The van der Waals surface area contributed by atoms with Crippen molar-refractivity contribution in [1.82, 2.24) is 0 Å². The maximum atomic E-state index is 2.47. The van der Waals surface area contributed by atoms with Crippen LogP contribution in [0.4, 0.5) is 0 Å². The van der Waals surface area contributed by atoms with Crippen LogP contribution in [0.5, 0.6) is 0 Å². The summed E-state index contributed by atoms with van der Waals surface area (Å²) in [6.45, 7) is 5.71. The molecule has 1 aromatic rings. The fourth-order valence-electron chi connectivity index (χ4n) is 2.22. The zero-order chi connectivity index (χ0) is 9.26. The van der Waals surface area contributed by atoms with Gasteiger partial charge in [0.2, 0.25) is 0 Å². The molecule has 0 amide bonds. The van der Waals surface area contributed by atoms with Crippen LogP contribution in [0, 0.1) is 13.8 Å². The second-order valence-corrected chi connectivity index (χ2v) is 4.13. The van der Waals surface area contributed by atoms with Gasteiger partial charge >= 0.3 is 0 Å². The molecule has 1 saturated heterocycles. The van der Waals surface area contributed by atoms with Crippen molar-refractivity contribution in [3.63, 3.8) is 0 Å². The zero-order valence-electron chi connectivity index (χ0n) is 8.51. The van der Waals surface area contributed by atoms with E-state index in [0.717, 1.165) is 6.04 Å². The lowest BCUT2D eigenvalue weighted by molar-refractivity contribution is -0.676. The third kappa shape index (κ3) is 1.75. The maximum Gasteiger partial charge on any atom is 0.112 e. The van der Waals surface area contributed by atoms with Crippen molar-refractivity contribution in [2.24, 2.45) is 0 Å². The standard InChI is InChI=1S/C12H17N/c1-9-5-6-10(2)11(8-9)12-4-3-7-13-12/h5-6,8,12-13H,3-4,7H2,1-2H3/p+1/t12-/m1/s1.